The van der Waals surface area contributed by atoms with Crippen LogP contribution in [0, 0.1) is 0 Å². The normalized spacial score (nSPS) is 11.1. The first-order valence-electron chi connectivity index (χ1n) is 4.21. The van der Waals surface area contributed by atoms with Crippen LogP contribution in [0.1, 0.15) is 6.42 Å². The Kier molecular flexibility index (Phi) is 4.90. The van der Waals surface area contributed by atoms with Gasteiger partial charge in [-0.3, -0.25) is 0 Å². The first kappa shape index (κ1) is 10.9. The number of ether oxygens (including phenoxy) is 1. The van der Waals surface area contributed by atoms with Crippen LogP contribution in [0.4, 0.5) is 0 Å². The topological polar surface area (TPSA) is 49.4 Å². The largest absolute Gasteiger partial charge is 0.628 e. The zero-order chi connectivity index (χ0) is 10.2. The summed E-state index contributed by atoms with van der Waals surface area (Å²) in [5.74, 6) is 2.15. The van der Waals surface area contributed by atoms with Gasteiger partial charge in [-0.1, -0.05) is 18.2 Å². The molecule has 14 heavy (non-hydrogen) atoms. The third-order valence-electron chi connectivity index (χ3n) is 1.51. The van der Waals surface area contributed by atoms with Crippen LogP contribution in [0.25, 0.3) is 0 Å². The van der Waals surface area contributed by atoms with Gasteiger partial charge in [0.1, 0.15) is 12.0 Å². The molecule has 1 unspecified atom stereocenters. The van der Waals surface area contributed by atoms with Crippen molar-refractivity contribution in [3.05, 3.63) is 30.3 Å². The zero-order valence-corrected chi connectivity index (χ0v) is 8.52. The van der Waals surface area contributed by atoms with Gasteiger partial charge in [0, 0.05) is 0 Å². The molecular formula is C10H11O3P. The molecule has 0 amide bonds. The fourth-order valence-corrected chi connectivity index (χ4v) is 1.57. The SMILES string of the molecule is O=CCC=[P+]([O-])COc1ccccc1. The molecule has 0 aliphatic rings. The number of carbonyl (C=O) groups is 1. The average molecular weight is 210 g/mol. The summed E-state index contributed by atoms with van der Waals surface area (Å²) in [6.07, 6.45) is 1.07. The van der Waals surface area contributed by atoms with Crippen molar-refractivity contribution in [1.82, 2.24) is 0 Å². The minimum absolute atomic E-state index is 0.132. The highest BCUT2D eigenvalue weighted by atomic mass is 31.1. The molecule has 0 N–H and O–H groups in total. The van der Waals surface area contributed by atoms with Crippen molar-refractivity contribution >= 4 is 19.9 Å². The monoisotopic (exact) mass is 210 g/mol. The second kappa shape index (κ2) is 6.30. The second-order valence-corrected chi connectivity index (χ2v) is 4.05. The summed E-state index contributed by atoms with van der Waals surface area (Å²) in [4.78, 5) is 21.2. The van der Waals surface area contributed by atoms with Crippen molar-refractivity contribution in [2.45, 2.75) is 6.42 Å². The molecule has 0 bridgehead atoms. The Morgan fingerprint density at radius 3 is 2.71 bits per heavy atom. The molecule has 0 spiro atoms. The fraction of sp³-hybridized carbons (Fsp3) is 0.200. The molecule has 1 atom stereocenters. The summed E-state index contributed by atoms with van der Waals surface area (Å²) in [6, 6.07) is 9.16. The van der Waals surface area contributed by atoms with E-state index in [1.54, 1.807) is 12.1 Å². The lowest BCUT2D eigenvalue weighted by Gasteiger charge is -2.02. The lowest BCUT2D eigenvalue weighted by Crippen LogP contribution is -2.01. The highest BCUT2D eigenvalue weighted by Crippen LogP contribution is 2.15. The number of aldehydes is 1. The van der Waals surface area contributed by atoms with E-state index in [-0.39, 0.29) is 12.8 Å². The third-order valence-corrected chi connectivity index (χ3v) is 2.51. The number of rotatable bonds is 5. The van der Waals surface area contributed by atoms with E-state index in [0.29, 0.717) is 5.75 Å². The molecule has 0 heterocycles. The van der Waals surface area contributed by atoms with E-state index in [4.69, 9.17) is 4.74 Å². The van der Waals surface area contributed by atoms with Crippen molar-refractivity contribution in [3.8, 4) is 5.75 Å². The minimum Gasteiger partial charge on any atom is -0.628 e. The maximum Gasteiger partial charge on any atom is 0.239 e. The van der Waals surface area contributed by atoms with Gasteiger partial charge in [-0.05, 0) is 12.1 Å². The van der Waals surface area contributed by atoms with Gasteiger partial charge < -0.3 is 14.4 Å². The molecule has 4 heteroatoms. The minimum atomic E-state index is -1.54. The van der Waals surface area contributed by atoms with Crippen LogP contribution in [0.3, 0.4) is 0 Å². The van der Waals surface area contributed by atoms with Crippen LogP contribution < -0.4 is 9.63 Å². The smallest absolute Gasteiger partial charge is 0.239 e. The number of hydrogen-bond acceptors (Lipinski definition) is 3. The van der Waals surface area contributed by atoms with E-state index in [2.05, 4.69) is 0 Å². The Bertz CT molecular complexity index is 308. The van der Waals surface area contributed by atoms with Crippen molar-refractivity contribution in [2.75, 3.05) is 6.35 Å². The Hall–Kier alpha value is -1.18. The Balaban J connectivity index is 2.37. The molecule has 0 aromatic heterocycles. The summed E-state index contributed by atoms with van der Waals surface area (Å²) >= 11 is 0. The van der Waals surface area contributed by atoms with Crippen LogP contribution in [0.5, 0.6) is 5.75 Å². The van der Waals surface area contributed by atoms with E-state index in [0.717, 1.165) is 6.29 Å². The summed E-state index contributed by atoms with van der Waals surface area (Å²) < 4.78 is 5.23. The van der Waals surface area contributed by atoms with E-state index < -0.39 is 7.77 Å². The highest BCUT2D eigenvalue weighted by molar-refractivity contribution is 7.49. The quantitative estimate of drug-likeness (QED) is 0.541. The highest BCUT2D eigenvalue weighted by Gasteiger charge is 1.97. The van der Waals surface area contributed by atoms with E-state index in [9.17, 15) is 9.69 Å². The molecule has 0 saturated carbocycles. The van der Waals surface area contributed by atoms with Crippen molar-refractivity contribution in [3.63, 3.8) is 0 Å². The van der Waals surface area contributed by atoms with E-state index in [1.807, 2.05) is 18.2 Å². The lowest BCUT2D eigenvalue weighted by atomic mass is 10.3. The molecule has 0 fully saturated rings. The molecule has 3 nitrogen and oxygen atoms in total. The summed E-state index contributed by atoms with van der Waals surface area (Å²) in [5.41, 5.74) is 0. The summed E-state index contributed by atoms with van der Waals surface area (Å²) in [5, 5.41) is 0. The van der Waals surface area contributed by atoms with Gasteiger partial charge in [-0.25, -0.2) is 0 Å². The predicted octanol–water partition coefficient (Wildman–Crippen LogP) is 1.17. The van der Waals surface area contributed by atoms with Gasteiger partial charge in [-0.15, -0.1) is 0 Å². The predicted molar refractivity (Wildman–Crippen MR) is 55.6 cm³/mol. The Morgan fingerprint density at radius 1 is 1.36 bits per heavy atom. The number of carbonyl (C=O) groups excluding carboxylic acids is 1. The number of hydrogen-bond donors (Lipinski definition) is 0. The van der Waals surface area contributed by atoms with E-state index >= 15 is 0 Å². The summed E-state index contributed by atoms with van der Waals surface area (Å²) in [6.45, 7) is 0. The van der Waals surface area contributed by atoms with Gasteiger partial charge in [-0.2, -0.15) is 0 Å². The van der Waals surface area contributed by atoms with Gasteiger partial charge >= 0.3 is 0 Å². The molecule has 0 aliphatic heterocycles. The molecule has 0 radical (unpaired) electrons. The first-order valence-corrected chi connectivity index (χ1v) is 5.73. The van der Waals surface area contributed by atoms with Crippen molar-refractivity contribution in [2.24, 2.45) is 0 Å². The molecule has 1 aromatic carbocycles. The average Bonchev–Trinajstić information content (AvgIpc) is 2.25. The van der Waals surface area contributed by atoms with Gasteiger partial charge in [0.15, 0.2) is 0 Å². The maximum absolute atomic E-state index is 11.2. The summed E-state index contributed by atoms with van der Waals surface area (Å²) in [7, 11) is -1.54. The van der Waals surface area contributed by atoms with Gasteiger partial charge in [0.2, 0.25) is 6.35 Å². The van der Waals surface area contributed by atoms with Crippen LogP contribution in [0.2, 0.25) is 0 Å². The molecule has 0 aliphatic carbocycles. The molecule has 1 rings (SSSR count). The Morgan fingerprint density at radius 2 is 2.07 bits per heavy atom. The number of para-hydroxylation sites is 1. The second-order valence-electron chi connectivity index (χ2n) is 2.59. The number of benzene rings is 1. The van der Waals surface area contributed by atoms with Crippen LogP contribution in [-0.2, 0) is 4.79 Å². The molecule has 0 saturated heterocycles. The van der Waals surface area contributed by atoms with Crippen LogP contribution in [0.15, 0.2) is 30.3 Å². The third kappa shape index (κ3) is 4.17. The van der Waals surface area contributed by atoms with E-state index in [1.165, 1.54) is 5.80 Å². The zero-order valence-electron chi connectivity index (χ0n) is 7.63. The van der Waals surface area contributed by atoms with Crippen molar-refractivity contribution in [1.29, 1.82) is 0 Å². The first-order chi connectivity index (χ1) is 6.83. The molecule has 1 aromatic rings. The van der Waals surface area contributed by atoms with Crippen molar-refractivity contribution < 1.29 is 14.4 Å². The Labute approximate surface area is 83.8 Å². The lowest BCUT2D eigenvalue weighted by molar-refractivity contribution is -0.155. The van der Waals surface area contributed by atoms with Gasteiger partial charge in [0.05, 0.1) is 20.0 Å². The van der Waals surface area contributed by atoms with Gasteiger partial charge in [0.25, 0.3) is 0 Å². The maximum atomic E-state index is 11.2. The fourth-order valence-electron chi connectivity index (χ4n) is 0.868. The molecular weight excluding hydrogens is 199 g/mol. The molecule has 74 valence electrons. The van der Waals surface area contributed by atoms with Crippen LogP contribution in [-0.4, -0.2) is 18.4 Å². The standard InChI is InChI=1S/C10H11O3P/c11-7-4-8-14(12)9-13-10-5-2-1-3-6-10/h1-3,5-8H,4,9H2. The van der Waals surface area contributed by atoms with Crippen LogP contribution >= 0.6 is 7.77 Å².